The van der Waals surface area contributed by atoms with E-state index in [0.717, 1.165) is 17.7 Å². The fourth-order valence-corrected chi connectivity index (χ4v) is 3.21. The van der Waals surface area contributed by atoms with Gasteiger partial charge in [-0.25, -0.2) is 9.69 Å². The Morgan fingerprint density at radius 1 is 1.17 bits per heavy atom. The second-order valence-electron chi connectivity index (χ2n) is 6.23. The minimum absolute atomic E-state index is 0.0817. The minimum atomic E-state index is -0.880. The topological polar surface area (TPSA) is 60.9 Å². The molecular weight excluding hydrogens is 306 g/mol. The van der Waals surface area contributed by atoms with E-state index in [1.165, 1.54) is 0 Å². The van der Waals surface area contributed by atoms with E-state index in [1.807, 2.05) is 32.0 Å². The van der Waals surface area contributed by atoms with E-state index >= 15 is 0 Å². The molecule has 24 heavy (non-hydrogen) atoms. The van der Waals surface area contributed by atoms with Crippen molar-refractivity contribution in [2.24, 2.45) is 0 Å². The predicted molar refractivity (Wildman–Crippen MR) is 89.1 cm³/mol. The first kappa shape index (κ1) is 16.5. The molecule has 6 nitrogen and oxygen atoms in total. The summed E-state index contributed by atoms with van der Waals surface area (Å²) in [5, 5.41) is 0. The Morgan fingerprint density at radius 3 is 2.33 bits per heavy atom. The first-order valence-corrected chi connectivity index (χ1v) is 8.54. The lowest BCUT2D eigenvalue weighted by Gasteiger charge is -2.30. The summed E-state index contributed by atoms with van der Waals surface area (Å²) in [5.74, 6) is -0.494. The lowest BCUT2D eigenvalue weighted by molar-refractivity contribution is -0.141. The van der Waals surface area contributed by atoms with Gasteiger partial charge in [-0.2, -0.15) is 0 Å². The van der Waals surface area contributed by atoms with Crippen molar-refractivity contribution in [3.8, 4) is 0 Å². The van der Waals surface area contributed by atoms with Gasteiger partial charge < -0.3 is 9.80 Å². The van der Waals surface area contributed by atoms with Crippen LogP contribution in [0.5, 0.6) is 0 Å². The SMILES string of the molecule is CCN(CC)C(=O)C(c1ccccc1)N1C(=O)CN(C2CC2)C1=O. The van der Waals surface area contributed by atoms with Gasteiger partial charge in [-0.05, 0) is 32.3 Å². The molecule has 1 aromatic carbocycles. The summed E-state index contributed by atoms with van der Waals surface area (Å²) in [6.07, 6.45) is 1.87. The molecule has 1 heterocycles. The number of imide groups is 1. The van der Waals surface area contributed by atoms with Gasteiger partial charge >= 0.3 is 6.03 Å². The molecule has 2 aliphatic rings. The molecule has 1 aliphatic carbocycles. The third kappa shape index (κ3) is 2.88. The van der Waals surface area contributed by atoms with E-state index in [4.69, 9.17) is 0 Å². The molecule has 1 saturated carbocycles. The van der Waals surface area contributed by atoms with Gasteiger partial charge in [-0.15, -0.1) is 0 Å². The Kier molecular flexibility index (Phi) is 4.55. The van der Waals surface area contributed by atoms with E-state index in [9.17, 15) is 14.4 Å². The monoisotopic (exact) mass is 329 g/mol. The van der Waals surface area contributed by atoms with Gasteiger partial charge in [0.15, 0.2) is 0 Å². The lowest BCUT2D eigenvalue weighted by atomic mass is 10.0. The maximum atomic E-state index is 13.0. The Balaban J connectivity index is 1.96. The van der Waals surface area contributed by atoms with Crippen molar-refractivity contribution in [2.45, 2.75) is 38.8 Å². The minimum Gasteiger partial charge on any atom is -0.341 e. The van der Waals surface area contributed by atoms with Crippen molar-refractivity contribution in [1.29, 1.82) is 0 Å². The maximum absolute atomic E-state index is 13.0. The van der Waals surface area contributed by atoms with Gasteiger partial charge in [0.25, 0.3) is 11.8 Å². The first-order chi connectivity index (χ1) is 11.6. The Bertz CT molecular complexity index is 638. The summed E-state index contributed by atoms with van der Waals surface area (Å²) < 4.78 is 0. The average Bonchev–Trinajstić information content (AvgIpc) is 3.39. The zero-order chi connectivity index (χ0) is 17.3. The number of amides is 4. The number of benzene rings is 1. The van der Waals surface area contributed by atoms with Crippen molar-refractivity contribution in [2.75, 3.05) is 19.6 Å². The molecule has 1 unspecified atom stereocenters. The molecule has 6 heteroatoms. The standard InChI is InChI=1S/C18H23N3O3/c1-3-19(4-2)17(23)16(13-8-6-5-7-9-13)21-15(22)12-20(18(21)24)14-10-11-14/h5-9,14,16H,3-4,10-12H2,1-2H3. The summed E-state index contributed by atoms with van der Waals surface area (Å²) in [6, 6.07) is 8.03. The van der Waals surface area contributed by atoms with Gasteiger partial charge in [0.05, 0.1) is 0 Å². The van der Waals surface area contributed by atoms with Gasteiger partial charge in [0.2, 0.25) is 0 Å². The Labute approximate surface area is 142 Å². The van der Waals surface area contributed by atoms with Crippen LogP contribution in [-0.2, 0) is 9.59 Å². The highest BCUT2D eigenvalue weighted by atomic mass is 16.2. The van der Waals surface area contributed by atoms with Crippen LogP contribution in [0.1, 0.15) is 38.3 Å². The van der Waals surface area contributed by atoms with Gasteiger partial charge in [0.1, 0.15) is 12.6 Å². The Hall–Kier alpha value is -2.37. The van der Waals surface area contributed by atoms with Crippen LogP contribution >= 0.6 is 0 Å². The molecule has 0 aromatic heterocycles. The zero-order valence-electron chi connectivity index (χ0n) is 14.1. The van der Waals surface area contributed by atoms with Crippen LogP contribution < -0.4 is 0 Å². The second kappa shape index (κ2) is 6.63. The Morgan fingerprint density at radius 2 is 1.79 bits per heavy atom. The van der Waals surface area contributed by atoms with Crippen LogP contribution in [-0.4, -0.2) is 58.2 Å². The number of likely N-dealkylation sites (N-methyl/N-ethyl adjacent to an activating group) is 1. The van der Waals surface area contributed by atoms with Crippen LogP contribution in [0.4, 0.5) is 4.79 Å². The van der Waals surface area contributed by atoms with Crippen LogP contribution in [0, 0.1) is 0 Å². The molecule has 4 amide bonds. The van der Waals surface area contributed by atoms with Crippen molar-refractivity contribution >= 4 is 17.8 Å². The number of nitrogens with zero attached hydrogens (tertiary/aromatic N) is 3. The molecule has 0 radical (unpaired) electrons. The molecule has 128 valence electrons. The highest BCUT2D eigenvalue weighted by molar-refractivity contribution is 6.06. The van der Waals surface area contributed by atoms with Crippen LogP contribution in [0.3, 0.4) is 0 Å². The fourth-order valence-electron chi connectivity index (χ4n) is 3.21. The van der Waals surface area contributed by atoms with Gasteiger partial charge in [-0.3, -0.25) is 9.59 Å². The highest BCUT2D eigenvalue weighted by Gasteiger charge is 2.48. The van der Waals surface area contributed by atoms with Crippen LogP contribution in [0.15, 0.2) is 30.3 Å². The molecule has 1 atom stereocenters. The van der Waals surface area contributed by atoms with E-state index in [0.29, 0.717) is 18.7 Å². The number of hydrogen-bond donors (Lipinski definition) is 0. The van der Waals surface area contributed by atoms with Crippen molar-refractivity contribution < 1.29 is 14.4 Å². The van der Waals surface area contributed by atoms with E-state index in [1.54, 1.807) is 21.9 Å². The molecule has 0 spiro atoms. The van der Waals surface area contributed by atoms with Crippen molar-refractivity contribution in [3.63, 3.8) is 0 Å². The molecule has 3 rings (SSSR count). The highest BCUT2D eigenvalue weighted by Crippen LogP contribution is 2.34. The number of rotatable bonds is 6. The van der Waals surface area contributed by atoms with Gasteiger partial charge in [0, 0.05) is 19.1 Å². The zero-order valence-corrected chi connectivity index (χ0v) is 14.1. The van der Waals surface area contributed by atoms with E-state index in [-0.39, 0.29) is 30.4 Å². The predicted octanol–water partition coefficient (Wildman–Crippen LogP) is 2.02. The van der Waals surface area contributed by atoms with Crippen molar-refractivity contribution in [3.05, 3.63) is 35.9 Å². The number of carbonyl (C=O) groups excluding carboxylic acids is 3. The molecule has 2 fully saturated rings. The third-order valence-corrected chi connectivity index (χ3v) is 4.70. The molecule has 1 aliphatic heterocycles. The fraction of sp³-hybridized carbons (Fsp3) is 0.500. The number of carbonyl (C=O) groups is 3. The lowest BCUT2D eigenvalue weighted by Crippen LogP contribution is -2.46. The number of urea groups is 1. The van der Waals surface area contributed by atoms with Crippen LogP contribution in [0.2, 0.25) is 0 Å². The molecule has 1 aromatic rings. The molecule has 0 N–H and O–H groups in total. The average molecular weight is 329 g/mol. The molecule has 0 bridgehead atoms. The largest absolute Gasteiger partial charge is 0.341 e. The first-order valence-electron chi connectivity index (χ1n) is 8.54. The second-order valence-corrected chi connectivity index (χ2v) is 6.23. The summed E-state index contributed by atoms with van der Waals surface area (Å²) in [4.78, 5) is 42.8. The molecular formula is C18H23N3O3. The summed E-state index contributed by atoms with van der Waals surface area (Å²) in [6.45, 7) is 4.96. The van der Waals surface area contributed by atoms with E-state index < -0.39 is 6.04 Å². The summed E-state index contributed by atoms with van der Waals surface area (Å²) >= 11 is 0. The summed E-state index contributed by atoms with van der Waals surface area (Å²) in [5.41, 5.74) is 0.675. The van der Waals surface area contributed by atoms with Gasteiger partial charge in [-0.1, -0.05) is 30.3 Å². The quantitative estimate of drug-likeness (QED) is 0.750. The number of hydrogen-bond acceptors (Lipinski definition) is 3. The van der Waals surface area contributed by atoms with Crippen LogP contribution in [0.25, 0.3) is 0 Å². The smallest absolute Gasteiger partial charge is 0.328 e. The molecule has 1 saturated heterocycles. The maximum Gasteiger partial charge on any atom is 0.328 e. The normalized spacial score (nSPS) is 18.9. The van der Waals surface area contributed by atoms with E-state index in [2.05, 4.69) is 0 Å². The third-order valence-electron chi connectivity index (χ3n) is 4.70. The summed E-state index contributed by atoms with van der Waals surface area (Å²) in [7, 11) is 0. The van der Waals surface area contributed by atoms with Crippen molar-refractivity contribution in [1.82, 2.24) is 14.7 Å².